The standard InChI is InChI=1S/C13H18FNO3/c1-3-5-9(16)8-15-13(17)10-6-4-7-11(18-2)12(10)14/h4,6-7,9,16H,3,5,8H2,1-2H3,(H,15,17). The second kappa shape index (κ2) is 6.96. The zero-order valence-corrected chi connectivity index (χ0v) is 10.6. The molecule has 1 rings (SSSR count). The van der Waals surface area contributed by atoms with Gasteiger partial charge < -0.3 is 15.2 Å². The number of ether oxygens (including phenoxy) is 1. The van der Waals surface area contributed by atoms with E-state index in [1.807, 2.05) is 6.92 Å². The molecule has 1 amide bonds. The van der Waals surface area contributed by atoms with E-state index < -0.39 is 17.8 Å². The molecule has 0 bridgehead atoms. The number of aliphatic hydroxyl groups excluding tert-OH is 1. The molecule has 0 heterocycles. The molecule has 0 saturated heterocycles. The number of carbonyl (C=O) groups is 1. The van der Waals surface area contributed by atoms with Crippen LogP contribution in [0.1, 0.15) is 30.1 Å². The molecule has 0 saturated carbocycles. The summed E-state index contributed by atoms with van der Waals surface area (Å²) in [7, 11) is 1.34. The van der Waals surface area contributed by atoms with E-state index in [0.717, 1.165) is 6.42 Å². The average molecular weight is 255 g/mol. The number of hydrogen-bond acceptors (Lipinski definition) is 3. The quantitative estimate of drug-likeness (QED) is 0.813. The first-order valence-corrected chi connectivity index (χ1v) is 5.88. The van der Waals surface area contributed by atoms with Gasteiger partial charge in [0.1, 0.15) is 0 Å². The van der Waals surface area contributed by atoms with Gasteiger partial charge in [0, 0.05) is 6.54 Å². The highest BCUT2D eigenvalue weighted by Crippen LogP contribution is 2.19. The van der Waals surface area contributed by atoms with Crippen LogP contribution in [0.5, 0.6) is 5.75 Å². The predicted molar refractivity (Wildman–Crippen MR) is 66.2 cm³/mol. The van der Waals surface area contributed by atoms with E-state index in [2.05, 4.69) is 5.32 Å². The van der Waals surface area contributed by atoms with Crippen molar-refractivity contribution < 1.29 is 19.0 Å². The van der Waals surface area contributed by atoms with Gasteiger partial charge in [0.25, 0.3) is 5.91 Å². The highest BCUT2D eigenvalue weighted by atomic mass is 19.1. The summed E-state index contributed by atoms with van der Waals surface area (Å²) in [6, 6.07) is 4.36. The van der Waals surface area contributed by atoms with Crippen LogP contribution < -0.4 is 10.1 Å². The summed E-state index contributed by atoms with van der Waals surface area (Å²) < 4.78 is 18.5. The van der Waals surface area contributed by atoms with Gasteiger partial charge in [-0.3, -0.25) is 4.79 Å². The first kappa shape index (κ1) is 14.4. The van der Waals surface area contributed by atoms with Crippen LogP contribution in [0.25, 0.3) is 0 Å². The second-order valence-corrected chi connectivity index (χ2v) is 3.97. The smallest absolute Gasteiger partial charge is 0.254 e. The van der Waals surface area contributed by atoms with Crippen LogP contribution >= 0.6 is 0 Å². The van der Waals surface area contributed by atoms with Crippen LogP contribution in [-0.4, -0.2) is 30.8 Å². The zero-order chi connectivity index (χ0) is 13.5. The number of halogens is 1. The van der Waals surface area contributed by atoms with Gasteiger partial charge in [0.2, 0.25) is 0 Å². The number of nitrogens with one attached hydrogen (secondary N) is 1. The Bertz CT molecular complexity index is 409. The molecular weight excluding hydrogens is 237 g/mol. The number of amides is 1. The third-order valence-electron chi connectivity index (χ3n) is 2.55. The van der Waals surface area contributed by atoms with E-state index in [1.54, 1.807) is 6.07 Å². The Hall–Kier alpha value is -1.62. The lowest BCUT2D eigenvalue weighted by molar-refractivity contribution is 0.0905. The van der Waals surface area contributed by atoms with Gasteiger partial charge in [-0.15, -0.1) is 0 Å². The molecular formula is C13H18FNO3. The molecule has 0 aliphatic rings. The van der Waals surface area contributed by atoms with Gasteiger partial charge in [-0.25, -0.2) is 4.39 Å². The van der Waals surface area contributed by atoms with Gasteiger partial charge in [0.05, 0.1) is 18.8 Å². The Kier molecular flexibility index (Phi) is 5.58. The number of aliphatic hydroxyl groups is 1. The Labute approximate surface area is 106 Å². The van der Waals surface area contributed by atoms with Crippen molar-refractivity contribution >= 4 is 5.91 Å². The van der Waals surface area contributed by atoms with E-state index >= 15 is 0 Å². The minimum absolute atomic E-state index is 0.0248. The highest BCUT2D eigenvalue weighted by molar-refractivity contribution is 5.94. The summed E-state index contributed by atoms with van der Waals surface area (Å²) in [4.78, 5) is 11.7. The number of hydrogen-bond donors (Lipinski definition) is 2. The van der Waals surface area contributed by atoms with Gasteiger partial charge >= 0.3 is 0 Å². The molecule has 0 radical (unpaired) electrons. The van der Waals surface area contributed by atoms with Crippen molar-refractivity contribution in [2.24, 2.45) is 0 Å². The van der Waals surface area contributed by atoms with E-state index in [1.165, 1.54) is 19.2 Å². The van der Waals surface area contributed by atoms with Crippen molar-refractivity contribution in [3.8, 4) is 5.75 Å². The van der Waals surface area contributed by atoms with Crippen LogP contribution in [0, 0.1) is 5.82 Å². The summed E-state index contributed by atoms with van der Waals surface area (Å²) in [6.07, 6.45) is 0.818. The van der Waals surface area contributed by atoms with Crippen molar-refractivity contribution in [1.29, 1.82) is 0 Å². The Balaban J connectivity index is 2.67. The Morgan fingerprint density at radius 1 is 1.56 bits per heavy atom. The summed E-state index contributed by atoms with van der Waals surface area (Å²) in [5, 5.41) is 12.0. The molecule has 5 heteroatoms. The third-order valence-corrected chi connectivity index (χ3v) is 2.55. The van der Waals surface area contributed by atoms with Gasteiger partial charge in [-0.05, 0) is 18.6 Å². The minimum atomic E-state index is -0.692. The van der Waals surface area contributed by atoms with Gasteiger partial charge in [-0.1, -0.05) is 19.4 Å². The lowest BCUT2D eigenvalue weighted by Gasteiger charge is -2.11. The molecule has 1 unspecified atom stereocenters. The number of rotatable bonds is 6. The minimum Gasteiger partial charge on any atom is -0.494 e. The molecule has 1 aromatic carbocycles. The van der Waals surface area contributed by atoms with E-state index in [4.69, 9.17) is 4.74 Å². The van der Waals surface area contributed by atoms with Crippen LogP contribution in [0.3, 0.4) is 0 Å². The SMILES string of the molecule is CCCC(O)CNC(=O)c1cccc(OC)c1F. The fraction of sp³-hybridized carbons (Fsp3) is 0.462. The lowest BCUT2D eigenvalue weighted by atomic mass is 10.1. The normalized spacial score (nSPS) is 12.0. The fourth-order valence-electron chi connectivity index (χ4n) is 1.58. The molecule has 100 valence electrons. The number of methoxy groups -OCH3 is 1. The zero-order valence-electron chi connectivity index (χ0n) is 10.6. The number of carbonyl (C=O) groups excluding carboxylic acids is 1. The Morgan fingerprint density at radius 3 is 2.89 bits per heavy atom. The molecule has 0 spiro atoms. The van der Waals surface area contributed by atoms with Crippen molar-refractivity contribution in [1.82, 2.24) is 5.32 Å². The number of benzene rings is 1. The first-order chi connectivity index (χ1) is 8.60. The van der Waals surface area contributed by atoms with Crippen LogP contribution in [0.15, 0.2) is 18.2 Å². The summed E-state index contributed by atoms with van der Waals surface area (Å²) in [6.45, 7) is 2.05. The molecule has 0 aliphatic carbocycles. The summed E-state index contributed by atoms with van der Waals surface area (Å²) >= 11 is 0. The summed E-state index contributed by atoms with van der Waals surface area (Å²) in [5.74, 6) is -1.22. The first-order valence-electron chi connectivity index (χ1n) is 5.88. The maximum Gasteiger partial charge on any atom is 0.254 e. The van der Waals surface area contributed by atoms with Crippen LogP contribution in [0.4, 0.5) is 4.39 Å². The molecule has 0 aliphatic heterocycles. The third kappa shape index (κ3) is 3.70. The molecule has 2 N–H and O–H groups in total. The van der Waals surface area contributed by atoms with Crippen LogP contribution in [0.2, 0.25) is 0 Å². The molecule has 18 heavy (non-hydrogen) atoms. The topological polar surface area (TPSA) is 58.6 Å². The van der Waals surface area contributed by atoms with E-state index in [9.17, 15) is 14.3 Å². The van der Waals surface area contributed by atoms with E-state index in [-0.39, 0.29) is 17.9 Å². The van der Waals surface area contributed by atoms with Crippen molar-refractivity contribution in [3.63, 3.8) is 0 Å². The predicted octanol–water partition coefficient (Wildman–Crippen LogP) is 1.73. The largest absolute Gasteiger partial charge is 0.494 e. The fourth-order valence-corrected chi connectivity index (χ4v) is 1.58. The molecule has 0 aromatic heterocycles. The average Bonchev–Trinajstić information content (AvgIpc) is 2.36. The molecule has 0 fully saturated rings. The van der Waals surface area contributed by atoms with E-state index in [0.29, 0.717) is 6.42 Å². The van der Waals surface area contributed by atoms with Crippen molar-refractivity contribution in [3.05, 3.63) is 29.6 Å². The lowest BCUT2D eigenvalue weighted by Crippen LogP contribution is -2.32. The molecule has 1 atom stereocenters. The second-order valence-electron chi connectivity index (χ2n) is 3.97. The van der Waals surface area contributed by atoms with Gasteiger partial charge in [-0.2, -0.15) is 0 Å². The maximum atomic E-state index is 13.7. The highest BCUT2D eigenvalue weighted by Gasteiger charge is 2.15. The van der Waals surface area contributed by atoms with Gasteiger partial charge in [0.15, 0.2) is 11.6 Å². The van der Waals surface area contributed by atoms with Crippen LogP contribution in [-0.2, 0) is 0 Å². The van der Waals surface area contributed by atoms with Crippen molar-refractivity contribution in [2.45, 2.75) is 25.9 Å². The maximum absolute atomic E-state index is 13.7. The molecule has 4 nitrogen and oxygen atoms in total. The van der Waals surface area contributed by atoms with Crippen molar-refractivity contribution in [2.75, 3.05) is 13.7 Å². The molecule has 1 aromatic rings. The monoisotopic (exact) mass is 255 g/mol. The summed E-state index contributed by atoms with van der Waals surface area (Å²) in [5.41, 5.74) is -0.0851. The Morgan fingerprint density at radius 2 is 2.28 bits per heavy atom.